The van der Waals surface area contributed by atoms with Gasteiger partial charge in [-0.3, -0.25) is 4.79 Å². The Kier molecular flexibility index (Phi) is 5.18. The Morgan fingerprint density at radius 3 is 2.45 bits per heavy atom. The van der Waals surface area contributed by atoms with E-state index in [0.29, 0.717) is 5.92 Å². The standard InChI is InChI=1S/C17H26N2O/c1-3-13(2)16(18)17(20)19-11-9-15(10-12-19)14-7-5-4-6-8-14/h4-8,13,15-16H,3,9-12,18H2,1-2H3/t13?,16-/m0/s1. The predicted octanol–water partition coefficient (Wildman–Crippen LogP) is 2.77. The smallest absolute Gasteiger partial charge is 0.239 e. The van der Waals surface area contributed by atoms with E-state index in [-0.39, 0.29) is 17.9 Å². The molecule has 3 heteroatoms. The molecule has 2 rings (SSSR count). The zero-order chi connectivity index (χ0) is 14.5. The summed E-state index contributed by atoms with van der Waals surface area (Å²) in [6, 6.07) is 10.3. The van der Waals surface area contributed by atoms with Crippen molar-refractivity contribution in [3.8, 4) is 0 Å². The lowest BCUT2D eigenvalue weighted by Gasteiger charge is -2.34. The number of amides is 1. The summed E-state index contributed by atoms with van der Waals surface area (Å²) in [6.07, 6.45) is 3.04. The number of likely N-dealkylation sites (tertiary alicyclic amines) is 1. The Bertz CT molecular complexity index is 424. The first-order chi connectivity index (χ1) is 9.63. The molecule has 3 nitrogen and oxygen atoms in total. The van der Waals surface area contributed by atoms with Gasteiger partial charge in [-0.1, -0.05) is 50.6 Å². The molecule has 0 aliphatic carbocycles. The maximum atomic E-state index is 12.3. The summed E-state index contributed by atoms with van der Waals surface area (Å²) in [5.74, 6) is 0.972. The van der Waals surface area contributed by atoms with Crippen LogP contribution in [0.15, 0.2) is 30.3 Å². The monoisotopic (exact) mass is 274 g/mol. The Morgan fingerprint density at radius 2 is 1.90 bits per heavy atom. The van der Waals surface area contributed by atoms with Crippen LogP contribution in [0.25, 0.3) is 0 Å². The number of piperidine rings is 1. The summed E-state index contributed by atoms with van der Waals surface area (Å²) in [4.78, 5) is 14.3. The molecule has 1 saturated heterocycles. The number of carbonyl (C=O) groups excluding carboxylic acids is 1. The van der Waals surface area contributed by atoms with E-state index in [0.717, 1.165) is 32.4 Å². The van der Waals surface area contributed by atoms with Crippen molar-refractivity contribution in [2.75, 3.05) is 13.1 Å². The summed E-state index contributed by atoms with van der Waals surface area (Å²) < 4.78 is 0. The van der Waals surface area contributed by atoms with Crippen molar-refractivity contribution in [2.24, 2.45) is 11.7 Å². The van der Waals surface area contributed by atoms with Gasteiger partial charge < -0.3 is 10.6 Å². The highest BCUT2D eigenvalue weighted by Crippen LogP contribution is 2.28. The van der Waals surface area contributed by atoms with Gasteiger partial charge in [-0.25, -0.2) is 0 Å². The Labute approximate surface area is 122 Å². The third kappa shape index (κ3) is 3.40. The number of rotatable bonds is 4. The van der Waals surface area contributed by atoms with Gasteiger partial charge in [0.05, 0.1) is 6.04 Å². The fourth-order valence-corrected chi connectivity index (χ4v) is 2.87. The molecule has 110 valence electrons. The van der Waals surface area contributed by atoms with Crippen LogP contribution < -0.4 is 5.73 Å². The van der Waals surface area contributed by atoms with Crippen molar-refractivity contribution < 1.29 is 4.79 Å². The lowest BCUT2D eigenvalue weighted by molar-refractivity contribution is -0.134. The maximum absolute atomic E-state index is 12.3. The number of nitrogens with zero attached hydrogens (tertiary/aromatic N) is 1. The van der Waals surface area contributed by atoms with Gasteiger partial charge in [0.2, 0.25) is 5.91 Å². The average molecular weight is 274 g/mol. The quantitative estimate of drug-likeness (QED) is 0.917. The van der Waals surface area contributed by atoms with E-state index in [1.165, 1.54) is 5.56 Å². The van der Waals surface area contributed by atoms with Crippen LogP contribution in [-0.2, 0) is 4.79 Å². The van der Waals surface area contributed by atoms with E-state index in [9.17, 15) is 4.79 Å². The molecule has 2 atom stereocenters. The summed E-state index contributed by atoms with van der Waals surface area (Å²) >= 11 is 0. The van der Waals surface area contributed by atoms with E-state index >= 15 is 0 Å². The Morgan fingerprint density at radius 1 is 1.30 bits per heavy atom. The molecule has 0 spiro atoms. The van der Waals surface area contributed by atoms with Gasteiger partial charge in [0, 0.05) is 13.1 Å². The molecule has 1 fully saturated rings. The van der Waals surface area contributed by atoms with Crippen molar-refractivity contribution in [1.82, 2.24) is 4.90 Å². The van der Waals surface area contributed by atoms with Crippen molar-refractivity contribution in [2.45, 2.75) is 45.1 Å². The number of benzene rings is 1. The van der Waals surface area contributed by atoms with Crippen LogP contribution in [0.3, 0.4) is 0 Å². The van der Waals surface area contributed by atoms with Crippen molar-refractivity contribution >= 4 is 5.91 Å². The second-order valence-corrected chi connectivity index (χ2v) is 5.92. The highest BCUT2D eigenvalue weighted by atomic mass is 16.2. The largest absolute Gasteiger partial charge is 0.341 e. The highest BCUT2D eigenvalue weighted by Gasteiger charge is 2.28. The molecule has 0 saturated carbocycles. The second-order valence-electron chi connectivity index (χ2n) is 5.92. The first kappa shape index (κ1) is 15.0. The van der Waals surface area contributed by atoms with Gasteiger partial charge >= 0.3 is 0 Å². The molecule has 0 bridgehead atoms. The van der Waals surface area contributed by atoms with E-state index in [1.807, 2.05) is 11.0 Å². The molecule has 20 heavy (non-hydrogen) atoms. The fourth-order valence-electron chi connectivity index (χ4n) is 2.87. The number of hydrogen-bond acceptors (Lipinski definition) is 2. The first-order valence-electron chi connectivity index (χ1n) is 7.72. The molecule has 1 heterocycles. The third-order valence-corrected chi connectivity index (χ3v) is 4.62. The van der Waals surface area contributed by atoms with Gasteiger partial charge in [0.15, 0.2) is 0 Å². The number of carbonyl (C=O) groups is 1. The lowest BCUT2D eigenvalue weighted by Crippen LogP contribution is -2.49. The van der Waals surface area contributed by atoms with E-state index in [2.05, 4.69) is 38.1 Å². The molecule has 2 N–H and O–H groups in total. The molecule has 1 aromatic rings. The molecule has 1 aromatic carbocycles. The minimum Gasteiger partial charge on any atom is -0.341 e. The molecular formula is C17H26N2O. The average Bonchev–Trinajstić information content (AvgIpc) is 2.53. The normalized spacial score (nSPS) is 19.6. The summed E-state index contributed by atoms with van der Waals surface area (Å²) in [6.45, 7) is 5.81. The number of hydrogen-bond donors (Lipinski definition) is 1. The van der Waals surface area contributed by atoms with Crippen LogP contribution in [0.4, 0.5) is 0 Å². The van der Waals surface area contributed by atoms with E-state index < -0.39 is 0 Å². The SMILES string of the molecule is CCC(C)[C@H](N)C(=O)N1CCC(c2ccccc2)CC1. The molecule has 0 radical (unpaired) electrons. The lowest BCUT2D eigenvalue weighted by atomic mass is 9.89. The minimum absolute atomic E-state index is 0.130. The van der Waals surface area contributed by atoms with Gasteiger partial charge in [-0.15, -0.1) is 0 Å². The Balaban J connectivity index is 1.90. The van der Waals surface area contributed by atoms with E-state index in [1.54, 1.807) is 0 Å². The maximum Gasteiger partial charge on any atom is 0.239 e. The minimum atomic E-state index is -0.340. The third-order valence-electron chi connectivity index (χ3n) is 4.62. The van der Waals surface area contributed by atoms with Crippen molar-refractivity contribution in [3.05, 3.63) is 35.9 Å². The zero-order valence-electron chi connectivity index (χ0n) is 12.6. The van der Waals surface area contributed by atoms with Crippen molar-refractivity contribution in [3.63, 3.8) is 0 Å². The van der Waals surface area contributed by atoms with Gasteiger partial charge in [-0.05, 0) is 30.2 Å². The molecule has 1 unspecified atom stereocenters. The van der Waals surface area contributed by atoms with E-state index in [4.69, 9.17) is 5.73 Å². The molecule has 1 aliphatic rings. The van der Waals surface area contributed by atoms with Crippen LogP contribution in [0.2, 0.25) is 0 Å². The zero-order valence-corrected chi connectivity index (χ0v) is 12.6. The van der Waals surface area contributed by atoms with Gasteiger partial charge in [0.25, 0.3) is 0 Å². The molecule has 1 amide bonds. The fraction of sp³-hybridized carbons (Fsp3) is 0.588. The van der Waals surface area contributed by atoms with Crippen molar-refractivity contribution in [1.29, 1.82) is 0 Å². The summed E-state index contributed by atoms with van der Waals surface area (Å²) in [5.41, 5.74) is 7.45. The van der Waals surface area contributed by atoms with Crippen LogP contribution >= 0.6 is 0 Å². The highest BCUT2D eigenvalue weighted by molar-refractivity contribution is 5.82. The summed E-state index contributed by atoms with van der Waals surface area (Å²) in [5, 5.41) is 0. The second kappa shape index (κ2) is 6.89. The van der Waals surface area contributed by atoms with Crippen LogP contribution in [0.1, 0.15) is 44.6 Å². The van der Waals surface area contributed by atoms with Gasteiger partial charge in [-0.2, -0.15) is 0 Å². The first-order valence-corrected chi connectivity index (χ1v) is 7.72. The Hall–Kier alpha value is -1.35. The molecular weight excluding hydrogens is 248 g/mol. The summed E-state index contributed by atoms with van der Waals surface area (Å²) in [7, 11) is 0. The predicted molar refractivity (Wildman–Crippen MR) is 82.4 cm³/mol. The van der Waals surface area contributed by atoms with Crippen LogP contribution in [0.5, 0.6) is 0 Å². The van der Waals surface area contributed by atoms with Crippen LogP contribution in [0, 0.1) is 5.92 Å². The topological polar surface area (TPSA) is 46.3 Å². The number of nitrogens with two attached hydrogens (primary N) is 1. The molecule has 0 aromatic heterocycles. The van der Waals surface area contributed by atoms with Crippen LogP contribution in [-0.4, -0.2) is 29.9 Å². The van der Waals surface area contributed by atoms with Gasteiger partial charge in [0.1, 0.15) is 0 Å². The molecule has 1 aliphatic heterocycles.